The first kappa shape index (κ1) is 21.7. The van der Waals surface area contributed by atoms with E-state index in [0.717, 1.165) is 51.9 Å². The molecule has 0 radical (unpaired) electrons. The van der Waals surface area contributed by atoms with Crippen LogP contribution in [0.1, 0.15) is 23.3 Å². The lowest BCUT2D eigenvalue weighted by Gasteiger charge is -2.32. The third-order valence-corrected chi connectivity index (χ3v) is 7.02. The van der Waals surface area contributed by atoms with Crippen LogP contribution in [0.2, 0.25) is 5.02 Å². The number of benzene rings is 2. The lowest BCUT2D eigenvalue weighted by Crippen LogP contribution is -2.42. The van der Waals surface area contributed by atoms with Crippen LogP contribution < -0.4 is 10.8 Å². The van der Waals surface area contributed by atoms with Crippen molar-refractivity contribution in [3.8, 4) is 11.3 Å². The first-order chi connectivity index (χ1) is 17.1. The molecular formula is C26H24BClN6O. The standard InChI is InChI=1S/C26H24BClN6O/c27-19-15-29-34-24(14-22(32-25(19)34)18-6-2-3-7-20(18)28)30-17-9-11-33(12-10-17)26(35)23-13-16-5-1-4-8-21(16)31-23/h1-8,13-15,17,30-31H,9-12,27H2. The SMILES string of the molecule is Bc1cnn2c(NC3CCN(C(=O)c4cc5ccccc5[nH]4)CC3)cc(-c3ccccc3Cl)nc12. The number of H-pyrrole nitrogens is 1. The van der Waals surface area contributed by atoms with Gasteiger partial charge in [0.25, 0.3) is 5.91 Å². The molecule has 2 aromatic carbocycles. The highest BCUT2D eigenvalue weighted by molar-refractivity contribution is 6.36. The molecule has 4 heterocycles. The minimum Gasteiger partial charge on any atom is -0.367 e. The number of likely N-dealkylation sites (tertiary alicyclic amines) is 1. The number of anilines is 1. The molecule has 0 unspecified atom stereocenters. The maximum atomic E-state index is 13.1. The van der Waals surface area contributed by atoms with E-state index in [2.05, 4.69) is 15.4 Å². The predicted molar refractivity (Wildman–Crippen MR) is 142 cm³/mol. The molecule has 3 aromatic heterocycles. The van der Waals surface area contributed by atoms with Gasteiger partial charge in [0.15, 0.2) is 5.65 Å². The summed E-state index contributed by atoms with van der Waals surface area (Å²) in [6.45, 7) is 1.38. The molecule has 0 bridgehead atoms. The van der Waals surface area contributed by atoms with Crippen LogP contribution in [0.3, 0.4) is 0 Å². The number of hydrogen-bond donors (Lipinski definition) is 2. The summed E-state index contributed by atoms with van der Waals surface area (Å²) in [7, 11) is 2.00. The number of aromatic amines is 1. The number of halogens is 1. The van der Waals surface area contributed by atoms with Crippen molar-refractivity contribution in [3.05, 3.63) is 77.6 Å². The number of hydrogen-bond acceptors (Lipinski definition) is 4. The van der Waals surface area contributed by atoms with E-state index in [1.165, 1.54) is 0 Å². The molecule has 0 atom stereocenters. The number of fused-ring (bicyclic) bond motifs is 2. The summed E-state index contributed by atoms with van der Waals surface area (Å²) >= 11 is 6.47. The summed E-state index contributed by atoms with van der Waals surface area (Å²) in [5.74, 6) is 0.924. The van der Waals surface area contributed by atoms with E-state index in [4.69, 9.17) is 16.6 Å². The zero-order valence-corrected chi connectivity index (χ0v) is 20.1. The summed E-state index contributed by atoms with van der Waals surface area (Å²) in [5.41, 5.74) is 5.12. The second kappa shape index (κ2) is 8.78. The van der Waals surface area contributed by atoms with Gasteiger partial charge in [0.05, 0.1) is 5.69 Å². The maximum Gasteiger partial charge on any atom is 0.270 e. The quantitative estimate of drug-likeness (QED) is 0.384. The predicted octanol–water partition coefficient (Wildman–Crippen LogP) is 3.51. The van der Waals surface area contributed by atoms with Gasteiger partial charge in [0.2, 0.25) is 0 Å². The lowest BCUT2D eigenvalue weighted by molar-refractivity contribution is 0.0713. The van der Waals surface area contributed by atoms with Crippen LogP contribution in [0, 0.1) is 0 Å². The Bertz CT molecular complexity index is 1520. The van der Waals surface area contributed by atoms with E-state index >= 15 is 0 Å². The van der Waals surface area contributed by atoms with Gasteiger partial charge >= 0.3 is 0 Å². The Kier molecular flexibility index (Phi) is 5.45. The molecule has 1 aliphatic heterocycles. The van der Waals surface area contributed by atoms with E-state index in [0.29, 0.717) is 23.8 Å². The molecule has 7 nitrogen and oxygen atoms in total. The molecule has 174 valence electrons. The Morgan fingerprint density at radius 2 is 1.86 bits per heavy atom. The Labute approximate surface area is 208 Å². The molecule has 1 saturated heterocycles. The highest BCUT2D eigenvalue weighted by Crippen LogP contribution is 2.29. The molecule has 35 heavy (non-hydrogen) atoms. The van der Waals surface area contributed by atoms with E-state index in [1.807, 2.05) is 84.1 Å². The van der Waals surface area contributed by atoms with E-state index in [9.17, 15) is 4.79 Å². The first-order valence-electron chi connectivity index (χ1n) is 11.8. The van der Waals surface area contributed by atoms with Gasteiger partial charge < -0.3 is 15.2 Å². The summed E-state index contributed by atoms with van der Waals surface area (Å²) < 4.78 is 1.84. The van der Waals surface area contributed by atoms with Gasteiger partial charge in [0, 0.05) is 52.9 Å². The van der Waals surface area contributed by atoms with Crippen LogP contribution in [0.5, 0.6) is 0 Å². The normalized spacial score (nSPS) is 14.6. The van der Waals surface area contributed by atoms with Gasteiger partial charge in [0.1, 0.15) is 19.4 Å². The molecule has 5 aromatic rings. The Hall–Kier alpha value is -3.78. The maximum absolute atomic E-state index is 13.1. The third-order valence-electron chi connectivity index (χ3n) is 6.69. The van der Waals surface area contributed by atoms with Crippen LogP contribution >= 0.6 is 11.6 Å². The Morgan fingerprint density at radius 1 is 1.09 bits per heavy atom. The second-order valence-electron chi connectivity index (χ2n) is 9.05. The van der Waals surface area contributed by atoms with Crippen LogP contribution in [0.4, 0.5) is 5.82 Å². The largest absolute Gasteiger partial charge is 0.367 e. The van der Waals surface area contributed by atoms with Gasteiger partial charge in [-0.2, -0.15) is 9.61 Å². The Morgan fingerprint density at radius 3 is 2.66 bits per heavy atom. The minimum atomic E-state index is 0.0506. The zero-order valence-electron chi connectivity index (χ0n) is 19.3. The van der Waals surface area contributed by atoms with Crippen molar-refractivity contribution >= 4 is 53.2 Å². The molecule has 0 aliphatic carbocycles. The number of nitrogens with zero attached hydrogens (tertiary/aromatic N) is 4. The van der Waals surface area contributed by atoms with Crippen molar-refractivity contribution in [2.24, 2.45) is 0 Å². The third kappa shape index (κ3) is 4.04. The molecule has 6 rings (SSSR count). The molecule has 0 saturated carbocycles. The molecular weight excluding hydrogens is 459 g/mol. The molecule has 1 amide bonds. The van der Waals surface area contributed by atoms with Crippen LogP contribution in [0.15, 0.2) is 66.9 Å². The van der Waals surface area contributed by atoms with Crippen molar-refractivity contribution in [1.82, 2.24) is 24.5 Å². The van der Waals surface area contributed by atoms with Gasteiger partial charge in [-0.15, -0.1) is 0 Å². The van der Waals surface area contributed by atoms with Crippen molar-refractivity contribution in [1.29, 1.82) is 0 Å². The van der Waals surface area contributed by atoms with Crippen LogP contribution in [0.25, 0.3) is 27.8 Å². The fraction of sp³-hybridized carbons (Fsp3) is 0.192. The summed E-state index contributed by atoms with van der Waals surface area (Å²) in [5, 5.41) is 9.91. The number of carbonyl (C=O) groups excluding carboxylic acids is 1. The van der Waals surface area contributed by atoms with Crippen molar-refractivity contribution in [2.75, 3.05) is 18.4 Å². The minimum absolute atomic E-state index is 0.0506. The highest BCUT2D eigenvalue weighted by atomic mass is 35.5. The molecule has 1 fully saturated rings. The van der Waals surface area contributed by atoms with Gasteiger partial charge in [-0.25, -0.2) is 4.98 Å². The summed E-state index contributed by atoms with van der Waals surface area (Å²) in [6, 6.07) is 19.8. The van der Waals surface area contributed by atoms with Crippen LogP contribution in [-0.2, 0) is 0 Å². The van der Waals surface area contributed by atoms with E-state index in [1.54, 1.807) is 0 Å². The van der Waals surface area contributed by atoms with Gasteiger partial charge in [-0.05, 0) is 36.5 Å². The number of amides is 1. The number of nitrogens with one attached hydrogen (secondary N) is 2. The van der Waals surface area contributed by atoms with E-state index in [-0.39, 0.29) is 11.9 Å². The summed E-state index contributed by atoms with van der Waals surface area (Å²) in [4.78, 5) is 23.1. The highest BCUT2D eigenvalue weighted by Gasteiger charge is 2.25. The fourth-order valence-corrected chi connectivity index (χ4v) is 5.01. The number of para-hydroxylation sites is 1. The van der Waals surface area contributed by atoms with Crippen molar-refractivity contribution in [2.45, 2.75) is 18.9 Å². The fourth-order valence-electron chi connectivity index (χ4n) is 4.78. The molecule has 1 aliphatic rings. The average Bonchev–Trinajstić information content (AvgIpc) is 3.48. The summed E-state index contributed by atoms with van der Waals surface area (Å²) in [6.07, 6.45) is 3.51. The van der Waals surface area contributed by atoms with Crippen molar-refractivity contribution in [3.63, 3.8) is 0 Å². The first-order valence-corrected chi connectivity index (χ1v) is 12.2. The average molecular weight is 483 g/mol. The number of rotatable bonds is 4. The molecule has 9 heteroatoms. The lowest BCUT2D eigenvalue weighted by atomic mass is 10.0. The monoisotopic (exact) mass is 482 g/mol. The smallest absolute Gasteiger partial charge is 0.270 e. The number of piperidine rings is 1. The molecule has 0 spiro atoms. The Balaban J connectivity index is 1.21. The van der Waals surface area contributed by atoms with Crippen LogP contribution in [-0.4, -0.2) is 57.4 Å². The number of aromatic nitrogens is 4. The van der Waals surface area contributed by atoms with Gasteiger partial charge in [-0.3, -0.25) is 4.79 Å². The number of carbonyl (C=O) groups is 1. The molecule has 2 N–H and O–H groups in total. The topological polar surface area (TPSA) is 78.3 Å². The van der Waals surface area contributed by atoms with Gasteiger partial charge in [-0.1, -0.05) is 48.0 Å². The zero-order chi connectivity index (χ0) is 23.9. The van der Waals surface area contributed by atoms with Crippen molar-refractivity contribution < 1.29 is 4.79 Å². The van der Waals surface area contributed by atoms with E-state index < -0.39 is 0 Å². The second-order valence-corrected chi connectivity index (χ2v) is 9.46.